The average molecular weight is 339 g/mol. The van der Waals surface area contributed by atoms with E-state index in [1.165, 1.54) is 0 Å². The summed E-state index contributed by atoms with van der Waals surface area (Å²) in [5, 5.41) is 0. The Bertz CT molecular complexity index is 916. The predicted molar refractivity (Wildman–Crippen MR) is 107 cm³/mol. The van der Waals surface area contributed by atoms with Gasteiger partial charge in [0, 0.05) is 17.7 Å². The number of carbonyl (C=O) groups is 1. The van der Waals surface area contributed by atoms with Crippen molar-refractivity contribution >= 4 is 17.2 Å². The van der Waals surface area contributed by atoms with Gasteiger partial charge >= 0.3 is 0 Å². The van der Waals surface area contributed by atoms with Gasteiger partial charge in [0.2, 0.25) is 5.91 Å². The molecule has 0 saturated carbocycles. The van der Waals surface area contributed by atoms with Crippen molar-refractivity contribution in [3.05, 3.63) is 107 Å². The quantitative estimate of drug-likeness (QED) is 0.610. The molecule has 128 valence electrons. The van der Waals surface area contributed by atoms with Crippen molar-refractivity contribution in [3.63, 3.8) is 0 Å². The van der Waals surface area contributed by atoms with Crippen molar-refractivity contribution < 1.29 is 4.79 Å². The molecule has 1 saturated heterocycles. The van der Waals surface area contributed by atoms with Gasteiger partial charge in [-0.25, -0.2) is 0 Å². The maximum atomic E-state index is 12.8. The molecule has 0 aromatic heterocycles. The van der Waals surface area contributed by atoms with Crippen LogP contribution in [0.15, 0.2) is 90.6 Å². The topological polar surface area (TPSA) is 20.3 Å². The molecule has 3 aromatic rings. The maximum absolute atomic E-state index is 12.8. The van der Waals surface area contributed by atoms with Gasteiger partial charge in [-0.3, -0.25) is 9.69 Å². The van der Waals surface area contributed by atoms with Gasteiger partial charge in [0.15, 0.2) is 0 Å². The van der Waals surface area contributed by atoms with Crippen LogP contribution in [0.25, 0.3) is 5.57 Å². The zero-order chi connectivity index (χ0) is 17.9. The highest BCUT2D eigenvalue weighted by Crippen LogP contribution is 2.38. The molecule has 3 aromatic carbocycles. The molecule has 0 atom stereocenters. The third-order valence-electron chi connectivity index (χ3n) is 4.86. The van der Waals surface area contributed by atoms with E-state index in [9.17, 15) is 4.79 Å². The minimum atomic E-state index is 0.165. The third-order valence-corrected chi connectivity index (χ3v) is 4.86. The fourth-order valence-corrected chi connectivity index (χ4v) is 3.64. The van der Waals surface area contributed by atoms with E-state index in [2.05, 4.69) is 37.3 Å². The number of hydrogen-bond donors (Lipinski definition) is 0. The number of hydrogen-bond acceptors (Lipinski definition) is 1. The molecule has 0 bridgehead atoms. The number of rotatable bonds is 3. The van der Waals surface area contributed by atoms with Crippen LogP contribution in [0.4, 0.5) is 5.69 Å². The summed E-state index contributed by atoms with van der Waals surface area (Å²) >= 11 is 0. The lowest BCUT2D eigenvalue weighted by atomic mass is 9.94. The summed E-state index contributed by atoms with van der Waals surface area (Å²) in [5.41, 5.74) is 6.60. The average Bonchev–Trinajstić information content (AvgIpc) is 3.05. The van der Waals surface area contributed by atoms with E-state index in [4.69, 9.17) is 0 Å². The number of nitrogens with zero attached hydrogens (tertiary/aromatic N) is 1. The standard InChI is InChI=1S/C24H21NO/c1-18-10-8-9-15-21(18)25-22(16-17-23(25)26)24(19-11-4-2-5-12-19)20-13-6-3-7-14-20/h2-15H,16-17H2,1H3. The molecule has 0 aliphatic carbocycles. The molecule has 1 aliphatic rings. The first-order valence-electron chi connectivity index (χ1n) is 8.98. The lowest BCUT2D eigenvalue weighted by Gasteiger charge is -2.24. The smallest absolute Gasteiger partial charge is 0.231 e. The van der Waals surface area contributed by atoms with Crippen molar-refractivity contribution in [2.75, 3.05) is 4.90 Å². The molecule has 26 heavy (non-hydrogen) atoms. The van der Waals surface area contributed by atoms with Gasteiger partial charge in [-0.2, -0.15) is 0 Å². The molecule has 2 nitrogen and oxygen atoms in total. The highest BCUT2D eigenvalue weighted by Gasteiger charge is 2.31. The van der Waals surface area contributed by atoms with Gasteiger partial charge in [0.25, 0.3) is 0 Å². The monoisotopic (exact) mass is 339 g/mol. The number of allylic oxidation sites excluding steroid dienone is 1. The second-order valence-corrected chi connectivity index (χ2v) is 6.57. The van der Waals surface area contributed by atoms with Crippen LogP contribution in [0.1, 0.15) is 29.5 Å². The zero-order valence-corrected chi connectivity index (χ0v) is 14.9. The van der Waals surface area contributed by atoms with Crippen LogP contribution < -0.4 is 4.90 Å². The summed E-state index contributed by atoms with van der Waals surface area (Å²) in [4.78, 5) is 14.7. The Balaban J connectivity index is 1.97. The van der Waals surface area contributed by atoms with E-state index in [0.717, 1.165) is 40.1 Å². The van der Waals surface area contributed by atoms with E-state index < -0.39 is 0 Å². The van der Waals surface area contributed by atoms with Crippen LogP contribution in [0, 0.1) is 6.92 Å². The first-order chi connectivity index (χ1) is 12.8. The SMILES string of the molecule is Cc1ccccc1N1C(=O)CCC1=C(c1ccccc1)c1ccccc1. The summed E-state index contributed by atoms with van der Waals surface area (Å²) in [7, 11) is 0. The van der Waals surface area contributed by atoms with Gasteiger partial charge < -0.3 is 0 Å². The summed E-state index contributed by atoms with van der Waals surface area (Å²) < 4.78 is 0. The Hall–Kier alpha value is -3.13. The highest BCUT2D eigenvalue weighted by atomic mass is 16.2. The minimum absolute atomic E-state index is 0.165. The van der Waals surface area contributed by atoms with Gasteiger partial charge in [0.1, 0.15) is 0 Å². The van der Waals surface area contributed by atoms with Crippen molar-refractivity contribution in [3.8, 4) is 0 Å². The number of amides is 1. The largest absolute Gasteiger partial charge is 0.284 e. The number of para-hydroxylation sites is 1. The lowest BCUT2D eigenvalue weighted by Crippen LogP contribution is -2.24. The molecule has 2 heteroatoms. The molecular formula is C24H21NO. The van der Waals surface area contributed by atoms with Crippen LogP contribution in [-0.4, -0.2) is 5.91 Å². The van der Waals surface area contributed by atoms with Crippen LogP contribution in [-0.2, 0) is 4.79 Å². The third kappa shape index (κ3) is 2.95. The molecule has 1 amide bonds. The number of anilines is 1. The van der Waals surface area contributed by atoms with Crippen molar-refractivity contribution in [1.82, 2.24) is 0 Å². The minimum Gasteiger partial charge on any atom is -0.284 e. The van der Waals surface area contributed by atoms with Crippen LogP contribution in [0.2, 0.25) is 0 Å². The summed E-state index contributed by atoms with van der Waals surface area (Å²) in [6.07, 6.45) is 1.30. The van der Waals surface area contributed by atoms with E-state index >= 15 is 0 Å². The Morgan fingerprint density at radius 2 is 1.27 bits per heavy atom. The predicted octanol–water partition coefficient (Wildman–Crippen LogP) is 5.58. The van der Waals surface area contributed by atoms with E-state index in [1.807, 2.05) is 59.5 Å². The Kier molecular flexibility index (Phi) is 4.40. The molecule has 1 fully saturated rings. The van der Waals surface area contributed by atoms with E-state index in [-0.39, 0.29) is 5.91 Å². The molecule has 1 aliphatic heterocycles. The highest BCUT2D eigenvalue weighted by molar-refractivity contribution is 6.04. The fraction of sp³-hybridized carbons (Fsp3) is 0.125. The van der Waals surface area contributed by atoms with Crippen molar-refractivity contribution in [1.29, 1.82) is 0 Å². The summed E-state index contributed by atoms with van der Waals surface area (Å²) in [6.45, 7) is 2.06. The number of benzene rings is 3. The van der Waals surface area contributed by atoms with Gasteiger partial charge in [-0.05, 0) is 36.1 Å². The number of aryl methyl sites for hydroxylation is 1. The number of carbonyl (C=O) groups excluding carboxylic acids is 1. The Morgan fingerprint density at radius 3 is 1.85 bits per heavy atom. The van der Waals surface area contributed by atoms with E-state index in [0.29, 0.717) is 6.42 Å². The van der Waals surface area contributed by atoms with Gasteiger partial charge in [0.05, 0.1) is 5.69 Å². The second-order valence-electron chi connectivity index (χ2n) is 6.57. The van der Waals surface area contributed by atoms with Crippen molar-refractivity contribution in [2.45, 2.75) is 19.8 Å². The fourth-order valence-electron chi connectivity index (χ4n) is 3.64. The van der Waals surface area contributed by atoms with Gasteiger partial charge in [-0.1, -0.05) is 78.9 Å². The molecule has 0 unspecified atom stereocenters. The molecule has 0 spiro atoms. The van der Waals surface area contributed by atoms with E-state index in [1.54, 1.807) is 0 Å². The Labute approximate surface area is 154 Å². The molecule has 0 radical (unpaired) electrons. The van der Waals surface area contributed by atoms with Gasteiger partial charge in [-0.15, -0.1) is 0 Å². The van der Waals surface area contributed by atoms with Crippen LogP contribution >= 0.6 is 0 Å². The van der Waals surface area contributed by atoms with Crippen LogP contribution in [0.3, 0.4) is 0 Å². The zero-order valence-electron chi connectivity index (χ0n) is 14.9. The van der Waals surface area contributed by atoms with Crippen molar-refractivity contribution in [2.24, 2.45) is 0 Å². The molecule has 4 rings (SSSR count). The first-order valence-corrected chi connectivity index (χ1v) is 8.98. The normalized spacial score (nSPS) is 14.0. The maximum Gasteiger partial charge on any atom is 0.231 e. The molecule has 1 heterocycles. The summed E-state index contributed by atoms with van der Waals surface area (Å²) in [6, 6.07) is 28.8. The molecule has 0 N–H and O–H groups in total. The Morgan fingerprint density at radius 1 is 0.731 bits per heavy atom. The lowest BCUT2D eigenvalue weighted by molar-refractivity contribution is -0.116. The van der Waals surface area contributed by atoms with Crippen LogP contribution in [0.5, 0.6) is 0 Å². The molecular weight excluding hydrogens is 318 g/mol. The first kappa shape index (κ1) is 16.3. The summed E-state index contributed by atoms with van der Waals surface area (Å²) in [5.74, 6) is 0.165. The second kappa shape index (κ2) is 7.01.